The van der Waals surface area contributed by atoms with Gasteiger partial charge in [-0.1, -0.05) is 20.8 Å². The average Bonchev–Trinajstić information content (AvgIpc) is 3.33. The predicted molar refractivity (Wildman–Crippen MR) is 91.9 cm³/mol. The zero-order valence-electron chi connectivity index (χ0n) is 14.2. The molecule has 0 saturated heterocycles. The summed E-state index contributed by atoms with van der Waals surface area (Å²) in [6.07, 6.45) is 1.04. The fourth-order valence-electron chi connectivity index (χ4n) is 2.76. The van der Waals surface area contributed by atoms with Crippen molar-refractivity contribution in [1.29, 1.82) is 0 Å². The van der Waals surface area contributed by atoms with Gasteiger partial charge in [-0.3, -0.25) is 0 Å². The van der Waals surface area contributed by atoms with Crippen molar-refractivity contribution in [2.24, 2.45) is 11.3 Å². The zero-order chi connectivity index (χ0) is 18.2. The largest absolute Gasteiger partial charge is 0.392 e. The Morgan fingerprint density at radius 3 is 2.00 bits per heavy atom. The second kappa shape index (κ2) is 6.74. The third-order valence-electron chi connectivity index (χ3n) is 4.64. The molecule has 2 N–H and O–H groups in total. The molecule has 1 aliphatic rings. The molecule has 0 bridgehead atoms. The molecule has 1 fully saturated rings. The lowest BCUT2D eigenvalue weighted by Gasteiger charge is -2.25. The molecule has 24 heavy (non-hydrogen) atoms. The standard InChI is InChI=1S/C16H25NO5S2/c1-4-23(19,20)13-5-7-14(8-6-13)24(21,22)17-11-16(9-10-16)15(18)12(2)3/h5-8,12,15,17-18H,4,9-11H2,1-3H3/t15-/m0/s1. The van der Waals surface area contributed by atoms with Gasteiger partial charge in [0.1, 0.15) is 0 Å². The van der Waals surface area contributed by atoms with E-state index < -0.39 is 26.0 Å². The Bertz CT molecular complexity index is 778. The van der Waals surface area contributed by atoms with Crippen LogP contribution in [0.4, 0.5) is 0 Å². The van der Waals surface area contributed by atoms with Gasteiger partial charge in [0.15, 0.2) is 9.84 Å². The van der Waals surface area contributed by atoms with Gasteiger partial charge in [0.2, 0.25) is 10.0 Å². The Hall–Kier alpha value is -0.960. The zero-order valence-corrected chi connectivity index (χ0v) is 15.8. The molecule has 0 unspecified atom stereocenters. The Kier molecular flexibility index (Phi) is 5.44. The molecule has 136 valence electrons. The van der Waals surface area contributed by atoms with Crippen LogP contribution in [0.1, 0.15) is 33.6 Å². The van der Waals surface area contributed by atoms with Crippen LogP contribution in [0.2, 0.25) is 0 Å². The van der Waals surface area contributed by atoms with Crippen molar-refractivity contribution < 1.29 is 21.9 Å². The summed E-state index contributed by atoms with van der Waals surface area (Å²) in [5, 5.41) is 10.2. The van der Waals surface area contributed by atoms with E-state index >= 15 is 0 Å². The van der Waals surface area contributed by atoms with Crippen LogP contribution in [0.5, 0.6) is 0 Å². The minimum absolute atomic E-state index is 0.0207. The first-order chi connectivity index (χ1) is 11.0. The van der Waals surface area contributed by atoms with Gasteiger partial charge in [-0.25, -0.2) is 21.6 Å². The van der Waals surface area contributed by atoms with Crippen molar-refractivity contribution in [2.75, 3.05) is 12.3 Å². The summed E-state index contributed by atoms with van der Waals surface area (Å²) in [6, 6.07) is 5.21. The molecule has 0 amide bonds. The predicted octanol–water partition coefficient (Wildman–Crippen LogP) is 1.56. The minimum Gasteiger partial charge on any atom is -0.392 e. The highest BCUT2D eigenvalue weighted by Crippen LogP contribution is 2.50. The van der Waals surface area contributed by atoms with Gasteiger partial charge < -0.3 is 5.11 Å². The van der Waals surface area contributed by atoms with E-state index in [4.69, 9.17) is 0 Å². The first-order valence-electron chi connectivity index (χ1n) is 8.05. The van der Waals surface area contributed by atoms with E-state index in [1.54, 1.807) is 0 Å². The van der Waals surface area contributed by atoms with Gasteiger partial charge in [0.05, 0.1) is 21.6 Å². The number of aliphatic hydroxyl groups excluding tert-OH is 1. The first-order valence-corrected chi connectivity index (χ1v) is 11.2. The lowest BCUT2D eigenvalue weighted by atomic mass is 9.91. The summed E-state index contributed by atoms with van der Waals surface area (Å²) >= 11 is 0. The summed E-state index contributed by atoms with van der Waals surface area (Å²) in [6.45, 7) is 5.54. The number of rotatable bonds is 8. The SMILES string of the molecule is CCS(=O)(=O)c1ccc(S(=O)(=O)NCC2([C@@H](O)C(C)C)CC2)cc1. The third-order valence-corrected chi connectivity index (χ3v) is 7.81. The van der Waals surface area contributed by atoms with E-state index in [0.717, 1.165) is 12.8 Å². The van der Waals surface area contributed by atoms with Crippen molar-refractivity contribution in [3.63, 3.8) is 0 Å². The Morgan fingerprint density at radius 2 is 1.58 bits per heavy atom. The van der Waals surface area contributed by atoms with Crippen molar-refractivity contribution >= 4 is 19.9 Å². The monoisotopic (exact) mass is 375 g/mol. The lowest BCUT2D eigenvalue weighted by molar-refractivity contribution is 0.0529. The van der Waals surface area contributed by atoms with E-state index in [-0.39, 0.29) is 33.4 Å². The summed E-state index contributed by atoms with van der Waals surface area (Å²) in [4.78, 5) is 0.130. The molecule has 8 heteroatoms. The highest BCUT2D eigenvalue weighted by atomic mass is 32.2. The van der Waals surface area contributed by atoms with Gasteiger partial charge in [0, 0.05) is 12.0 Å². The Morgan fingerprint density at radius 1 is 1.08 bits per heavy atom. The average molecular weight is 376 g/mol. The summed E-state index contributed by atoms with van der Waals surface area (Å²) in [7, 11) is -7.09. The molecule has 0 radical (unpaired) electrons. The van der Waals surface area contributed by atoms with Crippen molar-refractivity contribution in [1.82, 2.24) is 4.72 Å². The van der Waals surface area contributed by atoms with Gasteiger partial charge in [-0.15, -0.1) is 0 Å². The van der Waals surface area contributed by atoms with Crippen LogP contribution in [-0.2, 0) is 19.9 Å². The van der Waals surface area contributed by atoms with E-state index in [9.17, 15) is 21.9 Å². The third kappa shape index (κ3) is 3.99. The molecule has 0 aliphatic heterocycles. The van der Waals surface area contributed by atoms with Crippen molar-refractivity contribution in [2.45, 2.75) is 49.5 Å². The first kappa shape index (κ1) is 19.4. The molecule has 1 atom stereocenters. The molecule has 0 spiro atoms. The molecule has 0 aromatic heterocycles. The lowest BCUT2D eigenvalue weighted by Crippen LogP contribution is -2.38. The molecule has 1 aromatic rings. The van der Waals surface area contributed by atoms with Crippen LogP contribution in [0.25, 0.3) is 0 Å². The second-order valence-electron chi connectivity index (χ2n) is 6.75. The van der Waals surface area contributed by atoms with Gasteiger partial charge >= 0.3 is 0 Å². The van der Waals surface area contributed by atoms with Gasteiger partial charge in [-0.2, -0.15) is 0 Å². The molecule has 1 saturated carbocycles. The number of sulfonamides is 1. The molecule has 6 nitrogen and oxygen atoms in total. The maximum absolute atomic E-state index is 12.4. The van der Waals surface area contributed by atoms with Gasteiger partial charge in [0.25, 0.3) is 0 Å². The molecule has 1 aromatic carbocycles. The normalized spacial score (nSPS) is 18.5. The Labute approximate surface area is 144 Å². The van der Waals surface area contributed by atoms with Crippen LogP contribution in [0, 0.1) is 11.3 Å². The smallest absolute Gasteiger partial charge is 0.240 e. The number of sulfone groups is 1. The van der Waals surface area contributed by atoms with Crippen LogP contribution in [-0.4, -0.2) is 40.3 Å². The van der Waals surface area contributed by atoms with Crippen LogP contribution >= 0.6 is 0 Å². The summed E-state index contributed by atoms with van der Waals surface area (Å²) < 4.78 is 50.9. The molecule has 1 aliphatic carbocycles. The number of nitrogens with one attached hydrogen (secondary N) is 1. The van der Waals surface area contributed by atoms with Crippen LogP contribution in [0.3, 0.4) is 0 Å². The highest BCUT2D eigenvalue weighted by molar-refractivity contribution is 7.91. The maximum atomic E-state index is 12.4. The second-order valence-corrected chi connectivity index (χ2v) is 10.8. The number of hydrogen-bond donors (Lipinski definition) is 2. The molecule has 2 rings (SSSR count). The number of aliphatic hydroxyl groups is 1. The van der Waals surface area contributed by atoms with Crippen LogP contribution in [0.15, 0.2) is 34.1 Å². The summed E-state index contributed by atoms with van der Waals surface area (Å²) in [5.74, 6) is 0.0305. The fraction of sp³-hybridized carbons (Fsp3) is 0.625. The minimum atomic E-state index is -3.74. The van der Waals surface area contributed by atoms with Crippen molar-refractivity contribution in [3.05, 3.63) is 24.3 Å². The van der Waals surface area contributed by atoms with E-state index in [0.29, 0.717) is 0 Å². The molecular formula is C16H25NO5S2. The molecule has 0 heterocycles. The van der Waals surface area contributed by atoms with E-state index in [1.165, 1.54) is 31.2 Å². The fourth-order valence-corrected chi connectivity index (χ4v) is 4.78. The molecular weight excluding hydrogens is 350 g/mol. The Balaban J connectivity index is 2.11. The van der Waals surface area contributed by atoms with E-state index in [1.807, 2.05) is 13.8 Å². The van der Waals surface area contributed by atoms with Crippen molar-refractivity contribution in [3.8, 4) is 0 Å². The quantitative estimate of drug-likeness (QED) is 0.718. The van der Waals surface area contributed by atoms with E-state index in [2.05, 4.69) is 4.72 Å². The highest BCUT2D eigenvalue weighted by Gasteiger charge is 2.50. The summed E-state index contributed by atoms with van der Waals surface area (Å²) in [5.41, 5.74) is -0.382. The van der Waals surface area contributed by atoms with Crippen LogP contribution < -0.4 is 4.72 Å². The number of benzene rings is 1. The topological polar surface area (TPSA) is 101 Å². The maximum Gasteiger partial charge on any atom is 0.240 e. The number of hydrogen-bond acceptors (Lipinski definition) is 5. The van der Waals surface area contributed by atoms with Gasteiger partial charge in [-0.05, 0) is 43.0 Å².